The third-order valence-electron chi connectivity index (χ3n) is 2.19. The van der Waals surface area contributed by atoms with Crippen LogP contribution in [0.15, 0.2) is 49.7 Å². The fraction of sp³-hybridized carbons (Fsp3) is 0. The first-order valence-corrected chi connectivity index (χ1v) is 7.49. The Kier molecular flexibility index (Phi) is 2.78. The molecular weight excluding hydrogens is 256 g/mol. The molecule has 0 N–H and O–H groups in total. The van der Waals surface area contributed by atoms with Gasteiger partial charge in [0.2, 0.25) is 0 Å². The fourth-order valence-electron chi connectivity index (χ4n) is 1.39. The minimum atomic E-state index is 0.995. The molecule has 0 aliphatic rings. The van der Waals surface area contributed by atoms with Crippen LogP contribution in [-0.2, 0) is 0 Å². The van der Waals surface area contributed by atoms with Gasteiger partial charge in [0.25, 0.3) is 0 Å². The summed E-state index contributed by atoms with van der Waals surface area (Å²) in [4.78, 5) is 0. The van der Waals surface area contributed by atoms with E-state index in [1.54, 1.807) is 40.3 Å². The van der Waals surface area contributed by atoms with Gasteiger partial charge in [0.1, 0.15) is 5.58 Å². The van der Waals surface area contributed by atoms with Crippen LogP contribution in [0, 0.1) is 0 Å². The van der Waals surface area contributed by atoms with Gasteiger partial charge >= 0.3 is 0 Å². The summed E-state index contributed by atoms with van der Waals surface area (Å²) in [6.07, 6.45) is 1.71. The van der Waals surface area contributed by atoms with Gasteiger partial charge in [-0.25, -0.2) is 0 Å². The second-order valence-electron chi connectivity index (χ2n) is 3.22. The lowest BCUT2D eigenvalue weighted by molar-refractivity contribution is 0.617. The summed E-state index contributed by atoms with van der Waals surface area (Å²) in [5.74, 6) is 0. The smallest absolute Gasteiger partial charge is 0.144 e. The van der Waals surface area contributed by atoms with Gasteiger partial charge in [-0.1, -0.05) is 0 Å². The van der Waals surface area contributed by atoms with Crippen molar-refractivity contribution in [3.63, 3.8) is 0 Å². The van der Waals surface area contributed by atoms with Crippen LogP contribution in [0.25, 0.3) is 21.1 Å². The lowest BCUT2D eigenvalue weighted by Gasteiger charge is -1.65. The fourth-order valence-corrected chi connectivity index (χ4v) is 3.88. The summed E-state index contributed by atoms with van der Waals surface area (Å²) in [6, 6.07) is 4.11. The predicted molar refractivity (Wildman–Crippen MR) is 73.8 cm³/mol. The number of furan rings is 1. The van der Waals surface area contributed by atoms with E-state index < -0.39 is 0 Å². The molecule has 4 aromatic rings. The lowest BCUT2D eigenvalue weighted by Crippen LogP contribution is -1.38. The average molecular weight is 264 g/mol. The predicted octanol–water partition coefficient (Wildman–Crippen LogP) is 5.46. The van der Waals surface area contributed by atoms with E-state index in [1.165, 1.54) is 15.5 Å². The molecule has 0 saturated heterocycles. The highest BCUT2D eigenvalue weighted by atomic mass is 32.1. The van der Waals surface area contributed by atoms with E-state index in [-0.39, 0.29) is 0 Å². The highest BCUT2D eigenvalue weighted by Crippen LogP contribution is 2.23. The zero-order valence-corrected chi connectivity index (χ0v) is 10.7. The first kappa shape index (κ1) is 10.1. The molecule has 0 aromatic carbocycles. The van der Waals surface area contributed by atoms with Crippen LogP contribution < -0.4 is 0 Å². The number of hydrogen-bond acceptors (Lipinski definition) is 4. The monoisotopic (exact) mass is 264 g/mol. The zero-order valence-electron chi connectivity index (χ0n) is 8.25. The molecule has 80 valence electrons. The molecule has 16 heavy (non-hydrogen) atoms. The van der Waals surface area contributed by atoms with Gasteiger partial charge < -0.3 is 4.42 Å². The van der Waals surface area contributed by atoms with Crippen LogP contribution in [0.5, 0.6) is 0 Å². The molecule has 0 aliphatic carbocycles. The summed E-state index contributed by atoms with van der Waals surface area (Å²) < 4.78 is 6.48. The highest BCUT2D eigenvalue weighted by Gasteiger charge is 1.92. The second-order valence-corrected chi connectivity index (χ2v) is 5.66. The molecule has 0 amide bonds. The standard InChI is InChI=1S/C6H4OS.C6H4S2/c1-2-7-6-4-8-3-5(1)6;1-2-8-6-4-7-3-5(1)6/h2*1-4H. The summed E-state index contributed by atoms with van der Waals surface area (Å²) in [6.45, 7) is 0. The Hall–Kier alpha value is -1.10. The topological polar surface area (TPSA) is 13.1 Å². The van der Waals surface area contributed by atoms with E-state index in [4.69, 9.17) is 4.42 Å². The van der Waals surface area contributed by atoms with E-state index in [2.05, 4.69) is 27.6 Å². The van der Waals surface area contributed by atoms with E-state index in [0.717, 1.165) is 5.58 Å². The Labute approximate surface area is 105 Å². The molecule has 0 spiro atoms. The maximum Gasteiger partial charge on any atom is 0.144 e. The van der Waals surface area contributed by atoms with Gasteiger partial charge in [-0.2, -0.15) is 11.3 Å². The Morgan fingerprint density at radius 2 is 1.75 bits per heavy atom. The maximum absolute atomic E-state index is 5.07. The van der Waals surface area contributed by atoms with Gasteiger partial charge in [-0.3, -0.25) is 0 Å². The molecule has 4 aromatic heterocycles. The molecule has 0 radical (unpaired) electrons. The minimum Gasteiger partial charge on any atom is -0.463 e. The van der Waals surface area contributed by atoms with E-state index in [1.807, 2.05) is 11.4 Å². The largest absolute Gasteiger partial charge is 0.463 e. The lowest BCUT2D eigenvalue weighted by atomic mass is 10.4. The molecule has 4 heterocycles. The normalized spacial score (nSPS) is 10.5. The van der Waals surface area contributed by atoms with Crippen LogP contribution in [0.4, 0.5) is 0 Å². The summed E-state index contributed by atoms with van der Waals surface area (Å²) in [5.41, 5.74) is 0.995. The van der Waals surface area contributed by atoms with E-state index in [0.29, 0.717) is 0 Å². The molecular formula is C12H8OS3. The molecule has 0 atom stereocenters. The first-order valence-electron chi connectivity index (χ1n) is 4.72. The van der Waals surface area contributed by atoms with Crippen molar-refractivity contribution in [1.29, 1.82) is 0 Å². The van der Waals surface area contributed by atoms with Gasteiger partial charge in [-0.15, -0.1) is 22.7 Å². The molecule has 1 nitrogen and oxygen atoms in total. The Bertz CT molecular complexity index is 520. The van der Waals surface area contributed by atoms with Crippen molar-refractivity contribution in [2.24, 2.45) is 0 Å². The van der Waals surface area contributed by atoms with Crippen molar-refractivity contribution in [3.05, 3.63) is 45.3 Å². The van der Waals surface area contributed by atoms with Crippen molar-refractivity contribution in [1.82, 2.24) is 0 Å². The summed E-state index contributed by atoms with van der Waals surface area (Å²) in [5, 5.41) is 13.1. The average Bonchev–Trinajstić information content (AvgIpc) is 2.99. The molecule has 4 heteroatoms. The second kappa shape index (κ2) is 4.41. The minimum absolute atomic E-state index is 0.995. The van der Waals surface area contributed by atoms with Crippen molar-refractivity contribution in [2.45, 2.75) is 0 Å². The van der Waals surface area contributed by atoms with E-state index in [9.17, 15) is 0 Å². The summed E-state index contributed by atoms with van der Waals surface area (Å²) in [7, 11) is 0. The SMILES string of the molecule is c1cc2cscc2o1.c1cc2cscc2s1. The van der Waals surface area contributed by atoms with Crippen LogP contribution in [-0.4, -0.2) is 0 Å². The van der Waals surface area contributed by atoms with Gasteiger partial charge in [-0.05, 0) is 22.9 Å². The molecule has 0 fully saturated rings. The molecule has 4 rings (SSSR count). The number of fused-ring (bicyclic) bond motifs is 2. The Morgan fingerprint density at radius 3 is 2.62 bits per heavy atom. The van der Waals surface area contributed by atoms with Crippen molar-refractivity contribution in [3.8, 4) is 0 Å². The van der Waals surface area contributed by atoms with Gasteiger partial charge in [0.15, 0.2) is 0 Å². The van der Waals surface area contributed by atoms with Crippen molar-refractivity contribution in [2.75, 3.05) is 0 Å². The van der Waals surface area contributed by atoms with Crippen LogP contribution in [0.2, 0.25) is 0 Å². The zero-order chi connectivity index (χ0) is 10.8. The van der Waals surface area contributed by atoms with Crippen LogP contribution in [0.1, 0.15) is 0 Å². The molecule has 0 saturated carbocycles. The van der Waals surface area contributed by atoms with Crippen molar-refractivity contribution < 1.29 is 4.42 Å². The third-order valence-corrected chi connectivity index (χ3v) is 4.73. The first-order chi connectivity index (χ1) is 7.93. The van der Waals surface area contributed by atoms with Crippen LogP contribution in [0.3, 0.4) is 0 Å². The summed E-state index contributed by atoms with van der Waals surface area (Å²) >= 11 is 5.24. The third kappa shape index (κ3) is 1.91. The van der Waals surface area contributed by atoms with E-state index >= 15 is 0 Å². The highest BCUT2D eigenvalue weighted by molar-refractivity contribution is 7.21. The molecule has 0 unspecified atom stereocenters. The quantitative estimate of drug-likeness (QED) is 0.411. The Balaban J connectivity index is 0.000000101. The van der Waals surface area contributed by atoms with Gasteiger partial charge in [0.05, 0.1) is 6.26 Å². The maximum atomic E-state index is 5.07. The Morgan fingerprint density at radius 1 is 0.875 bits per heavy atom. The number of thiophene rings is 3. The van der Waals surface area contributed by atoms with Crippen molar-refractivity contribution >= 4 is 55.1 Å². The number of hydrogen-bond donors (Lipinski definition) is 0. The number of rotatable bonds is 0. The molecule has 0 aliphatic heterocycles. The van der Waals surface area contributed by atoms with Gasteiger partial charge in [0, 0.05) is 31.6 Å². The molecule has 0 bridgehead atoms. The van der Waals surface area contributed by atoms with Crippen LogP contribution >= 0.6 is 34.0 Å².